The zero-order valence-corrected chi connectivity index (χ0v) is 21.8. The third-order valence-corrected chi connectivity index (χ3v) is 6.15. The van der Waals surface area contributed by atoms with Gasteiger partial charge in [0.1, 0.15) is 18.1 Å². The highest BCUT2D eigenvalue weighted by Crippen LogP contribution is 2.46. The summed E-state index contributed by atoms with van der Waals surface area (Å²) in [6.07, 6.45) is 8.14. The first-order valence-corrected chi connectivity index (χ1v) is 12.9. The molecule has 10 nitrogen and oxygen atoms in total. The minimum atomic E-state index is -4.05. The highest BCUT2D eigenvalue weighted by Gasteiger charge is 2.30. The maximum Gasteiger partial charge on any atom is 0.513 e. The third-order valence-electron chi connectivity index (χ3n) is 4.70. The number of esters is 1. The Bertz CT molecular complexity index is 1310. The molecule has 1 atom stereocenters. The summed E-state index contributed by atoms with van der Waals surface area (Å²) in [5.74, 6) is -0.378. The van der Waals surface area contributed by atoms with Crippen molar-refractivity contribution < 1.29 is 28.1 Å². The summed E-state index contributed by atoms with van der Waals surface area (Å²) in [5.41, 5.74) is 2.39. The number of carbonyl (C=O) groups excluding carboxylic acids is 1. The van der Waals surface area contributed by atoms with Crippen LogP contribution in [0.15, 0.2) is 91.4 Å². The van der Waals surface area contributed by atoms with Gasteiger partial charge in [0, 0.05) is 29.2 Å². The lowest BCUT2D eigenvalue weighted by Gasteiger charge is -2.20. The number of allylic oxidation sites excluding steroid dienone is 4. The first kappa shape index (κ1) is 29.1. The first-order valence-electron chi connectivity index (χ1n) is 11.3. The molecule has 0 aliphatic carbocycles. The van der Waals surface area contributed by atoms with Crippen molar-refractivity contribution in [1.82, 2.24) is 10.1 Å². The molecule has 11 heteroatoms. The molecule has 0 aliphatic rings. The maximum absolute atomic E-state index is 13.0. The van der Waals surface area contributed by atoms with E-state index in [-0.39, 0.29) is 23.8 Å². The molecule has 196 valence electrons. The van der Waals surface area contributed by atoms with Gasteiger partial charge in [-0.25, -0.2) is 4.57 Å². The Morgan fingerprint density at radius 1 is 1.22 bits per heavy atom. The molecule has 0 aliphatic heterocycles. The van der Waals surface area contributed by atoms with Gasteiger partial charge in [-0.15, -0.1) is 0 Å². The molecular weight excluding hydrogens is 497 g/mol. The Balaban J connectivity index is 0.000000394. The van der Waals surface area contributed by atoms with E-state index in [9.17, 15) is 19.5 Å². The van der Waals surface area contributed by atoms with Gasteiger partial charge in [0.25, 0.3) is 5.69 Å². The zero-order chi connectivity index (χ0) is 27.3. The minimum absolute atomic E-state index is 0.0587. The standard InChI is InChI=1S/C17H21N2O7P.C9H9N/c1-4-7-8-15(5-2)25-27(23,18-13-17(20)24-6-3)26-16-11-9-14(10-12-16)19(21)22;1-7-6-10-9-5-3-2-4-8(7)9/h4-5,7-12H,1,6,13H2,2-3H3,(H,18,23);2-6,10H,1H3/b8-7-,15-5+;. The molecule has 1 heterocycles. The number of aryl methyl sites for hydroxylation is 1. The summed E-state index contributed by atoms with van der Waals surface area (Å²) < 4.78 is 28.6. The number of H-pyrrole nitrogens is 1. The van der Waals surface area contributed by atoms with Crippen molar-refractivity contribution in [3.05, 3.63) is 107 Å². The third kappa shape index (κ3) is 9.44. The van der Waals surface area contributed by atoms with Gasteiger partial charge < -0.3 is 18.8 Å². The van der Waals surface area contributed by atoms with Gasteiger partial charge in [-0.05, 0) is 56.7 Å². The Labute approximate surface area is 215 Å². The fraction of sp³-hybridized carbons (Fsp3) is 0.192. The van der Waals surface area contributed by atoms with Crippen LogP contribution in [0.1, 0.15) is 19.4 Å². The number of rotatable bonds is 11. The lowest BCUT2D eigenvalue weighted by molar-refractivity contribution is -0.384. The fourth-order valence-corrected chi connectivity index (χ4v) is 4.25. The van der Waals surface area contributed by atoms with Gasteiger partial charge in [-0.1, -0.05) is 36.9 Å². The number of nitro groups is 1. The molecule has 3 aromatic rings. The second-order valence-corrected chi connectivity index (χ2v) is 9.05. The summed E-state index contributed by atoms with van der Waals surface area (Å²) in [5, 5.41) is 14.5. The quantitative estimate of drug-likeness (QED) is 0.0734. The largest absolute Gasteiger partial charge is 0.513 e. The van der Waals surface area contributed by atoms with Crippen LogP contribution in [0.2, 0.25) is 0 Å². The highest BCUT2D eigenvalue weighted by atomic mass is 31.2. The Morgan fingerprint density at radius 2 is 1.92 bits per heavy atom. The Kier molecular flexibility index (Phi) is 11.3. The number of fused-ring (bicyclic) bond motifs is 1. The Hall–Kier alpha value is -4.14. The van der Waals surface area contributed by atoms with E-state index < -0.39 is 25.2 Å². The summed E-state index contributed by atoms with van der Waals surface area (Å²) in [6, 6.07) is 13.2. The number of aromatic amines is 1. The van der Waals surface area contributed by atoms with Crippen LogP contribution < -0.4 is 9.61 Å². The second kappa shape index (κ2) is 14.4. The summed E-state index contributed by atoms with van der Waals surface area (Å²) in [6.45, 7) is 8.68. The van der Waals surface area contributed by atoms with Gasteiger partial charge in [0.2, 0.25) is 0 Å². The summed E-state index contributed by atoms with van der Waals surface area (Å²) in [4.78, 5) is 24.9. The van der Waals surface area contributed by atoms with Crippen LogP contribution >= 0.6 is 7.75 Å². The fourth-order valence-electron chi connectivity index (χ4n) is 2.92. The lowest BCUT2D eigenvalue weighted by Crippen LogP contribution is -2.25. The molecule has 1 aromatic heterocycles. The number of ether oxygens (including phenoxy) is 1. The number of aromatic nitrogens is 1. The number of nitrogens with zero attached hydrogens (tertiary/aromatic N) is 1. The van der Waals surface area contributed by atoms with Gasteiger partial charge >= 0.3 is 13.7 Å². The van der Waals surface area contributed by atoms with E-state index in [1.54, 1.807) is 19.9 Å². The number of nitrogens with one attached hydrogen (secondary N) is 2. The number of non-ortho nitro benzene ring substituents is 1. The molecule has 37 heavy (non-hydrogen) atoms. The predicted octanol–water partition coefficient (Wildman–Crippen LogP) is 6.37. The lowest BCUT2D eigenvalue weighted by atomic mass is 10.2. The number of hydrogen-bond acceptors (Lipinski definition) is 7. The number of carbonyl (C=O) groups is 1. The monoisotopic (exact) mass is 527 g/mol. The van der Waals surface area contributed by atoms with Crippen molar-refractivity contribution in [2.75, 3.05) is 13.2 Å². The van der Waals surface area contributed by atoms with Gasteiger partial charge in [0.05, 0.1) is 11.5 Å². The van der Waals surface area contributed by atoms with E-state index in [2.05, 4.69) is 41.8 Å². The smallest absolute Gasteiger partial charge is 0.465 e. The van der Waals surface area contributed by atoms with Crippen LogP contribution in [0.5, 0.6) is 5.75 Å². The van der Waals surface area contributed by atoms with Crippen molar-refractivity contribution >= 4 is 30.3 Å². The topological polar surface area (TPSA) is 133 Å². The molecule has 3 rings (SSSR count). The number of hydrogen-bond donors (Lipinski definition) is 2. The Morgan fingerprint density at radius 3 is 2.51 bits per heavy atom. The minimum Gasteiger partial charge on any atom is -0.465 e. The van der Waals surface area contributed by atoms with E-state index in [4.69, 9.17) is 13.8 Å². The predicted molar refractivity (Wildman–Crippen MR) is 143 cm³/mol. The van der Waals surface area contributed by atoms with Crippen LogP contribution in [-0.4, -0.2) is 29.0 Å². The molecule has 0 saturated carbocycles. The van der Waals surface area contributed by atoms with E-state index in [1.165, 1.54) is 59.0 Å². The zero-order valence-electron chi connectivity index (χ0n) is 20.9. The molecule has 2 aromatic carbocycles. The molecule has 0 fully saturated rings. The van der Waals surface area contributed by atoms with Gasteiger partial charge in [-0.2, -0.15) is 5.09 Å². The average molecular weight is 528 g/mol. The van der Waals surface area contributed by atoms with Crippen molar-refractivity contribution in [1.29, 1.82) is 0 Å². The highest BCUT2D eigenvalue weighted by molar-refractivity contribution is 7.52. The number of para-hydroxylation sites is 1. The maximum atomic E-state index is 13.0. The van der Waals surface area contributed by atoms with Crippen LogP contribution in [0.4, 0.5) is 5.69 Å². The van der Waals surface area contributed by atoms with Crippen LogP contribution in [0, 0.1) is 17.0 Å². The van der Waals surface area contributed by atoms with Crippen LogP contribution in [0.25, 0.3) is 10.9 Å². The molecule has 0 amide bonds. The molecule has 0 radical (unpaired) electrons. The molecule has 1 unspecified atom stereocenters. The van der Waals surface area contributed by atoms with Crippen molar-refractivity contribution in [2.45, 2.75) is 20.8 Å². The van der Waals surface area contributed by atoms with Gasteiger partial charge in [-0.3, -0.25) is 14.9 Å². The normalized spacial score (nSPS) is 12.8. The number of nitro benzene ring substituents is 1. The summed E-state index contributed by atoms with van der Waals surface area (Å²) >= 11 is 0. The molecule has 2 N–H and O–H groups in total. The van der Waals surface area contributed by atoms with Crippen molar-refractivity contribution in [2.24, 2.45) is 0 Å². The van der Waals surface area contributed by atoms with E-state index in [1.807, 2.05) is 12.3 Å². The first-order chi connectivity index (χ1) is 17.7. The van der Waals surface area contributed by atoms with E-state index in [0.717, 1.165) is 0 Å². The van der Waals surface area contributed by atoms with Crippen molar-refractivity contribution in [3.63, 3.8) is 0 Å². The molecule has 0 bridgehead atoms. The second-order valence-electron chi connectivity index (χ2n) is 7.37. The van der Waals surface area contributed by atoms with E-state index >= 15 is 0 Å². The van der Waals surface area contributed by atoms with Crippen LogP contribution in [-0.2, 0) is 18.6 Å². The summed E-state index contributed by atoms with van der Waals surface area (Å²) in [7, 11) is -4.05. The number of benzene rings is 2. The molecule has 0 saturated heterocycles. The van der Waals surface area contributed by atoms with Crippen LogP contribution in [0.3, 0.4) is 0 Å². The SMILES string of the molecule is C=C/C=C\C(=C/C)OP(=O)(NCC(=O)OCC)Oc1ccc([N+](=O)[O-])cc1.Cc1c[nH]c2ccccc12. The molecular formula is C26H30N3O7P. The molecule has 0 spiro atoms. The van der Waals surface area contributed by atoms with E-state index in [0.29, 0.717) is 0 Å². The average Bonchev–Trinajstić information content (AvgIpc) is 3.27. The van der Waals surface area contributed by atoms with Gasteiger partial charge in [0.15, 0.2) is 0 Å². The van der Waals surface area contributed by atoms with Crippen molar-refractivity contribution in [3.8, 4) is 5.75 Å².